The summed E-state index contributed by atoms with van der Waals surface area (Å²) in [5.41, 5.74) is -2.79. The second kappa shape index (κ2) is 11.5. The van der Waals surface area contributed by atoms with Crippen molar-refractivity contribution in [1.29, 1.82) is 0 Å². The van der Waals surface area contributed by atoms with E-state index in [1.54, 1.807) is 13.8 Å². The molecule has 1 aromatic carbocycles. The number of benzene rings is 1. The SMILES string of the molecule is CC(=O)NC(B1OC(C)(C)C(C)(C)O1)C(C)(C)n1c(-c2ccccc2)ncc(NS(=O)(=O)NC2CCCCC2)c1=O. The molecule has 1 atom stereocenters. The number of hydrogen-bond donors (Lipinski definition) is 3. The Balaban J connectivity index is 1.82. The molecule has 0 radical (unpaired) electrons. The van der Waals surface area contributed by atoms with Crippen LogP contribution in [0, 0.1) is 0 Å². The van der Waals surface area contributed by atoms with E-state index in [1.807, 2.05) is 58.0 Å². The molecule has 2 aliphatic rings. The number of carbonyl (C=O) groups is 1. The van der Waals surface area contributed by atoms with Gasteiger partial charge in [-0.05, 0) is 54.4 Å². The standard InChI is InChI=1S/C28H42BN5O6S/c1-19(35)31-25(29-39-27(4,5)28(6,7)40-29)26(2,3)34-23(20-14-10-8-11-15-20)30-18-22(24(34)36)33-41(37,38)32-21-16-12-9-13-17-21/h8,10-11,14-15,18,21,25,32-33H,9,12-13,16-17H2,1-7H3,(H,31,35). The van der Waals surface area contributed by atoms with Crippen LogP contribution in [-0.2, 0) is 29.9 Å². The Bertz CT molecular complexity index is 1410. The molecule has 2 aromatic rings. The van der Waals surface area contributed by atoms with Gasteiger partial charge in [0.1, 0.15) is 11.5 Å². The van der Waals surface area contributed by atoms with Gasteiger partial charge in [-0.25, -0.2) is 4.98 Å². The zero-order valence-corrected chi connectivity index (χ0v) is 25.8. The summed E-state index contributed by atoms with van der Waals surface area (Å²) in [5, 5.41) is 2.94. The first-order chi connectivity index (χ1) is 19.0. The Labute approximate surface area is 243 Å². The molecule has 1 unspecified atom stereocenters. The molecule has 13 heteroatoms. The molecule has 2 fully saturated rings. The first-order valence-electron chi connectivity index (χ1n) is 14.1. The van der Waals surface area contributed by atoms with Gasteiger partial charge in [-0.3, -0.25) is 18.9 Å². The Morgan fingerprint density at radius 3 is 2.22 bits per heavy atom. The Morgan fingerprint density at radius 2 is 1.66 bits per heavy atom. The van der Waals surface area contributed by atoms with Crippen LogP contribution >= 0.6 is 0 Å². The summed E-state index contributed by atoms with van der Waals surface area (Å²) in [6.07, 6.45) is 5.70. The average molecular weight is 588 g/mol. The zero-order valence-electron chi connectivity index (χ0n) is 25.0. The van der Waals surface area contributed by atoms with Crippen molar-refractivity contribution >= 4 is 28.9 Å². The Morgan fingerprint density at radius 1 is 1.07 bits per heavy atom. The van der Waals surface area contributed by atoms with Crippen molar-refractivity contribution in [3.05, 3.63) is 46.9 Å². The van der Waals surface area contributed by atoms with Crippen LogP contribution in [0.25, 0.3) is 11.4 Å². The molecule has 11 nitrogen and oxygen atoms in total. The van der Waals surface area contributed by atoms with Gasteiger partial charge in [0.05, 0.1) is 28.9 Å². The summed E-state index contributed by atoms with van der Waals surface area (Å²) in [4.78, 5) is 31.2. The minimum Gasteiger partial charge on any atom is -0.402 e. The van der Waals surface area contributed by atoms with Crippen LogP contribution in [0.3, 0.4) is 0 Å². The summed E-state index contributed by atoms with van der Waals surface area (Å²) in [7, 11) is -4.97. The molecule has 0 spiro atoms. The van der Waals surface area contributed by atoms with Crippen molar-refractivity contribution in [3.8, 4) is 11.4 Å². The highest BCUT2D eigenvalue weighted by Gasteiger charge is 2.58. The van der Waals surface area contributed by atoms with Gasteiger partial charge in [0.15, 0.2) is 0 Å². The highest BCUT2D eigenvalue weighted by molar-refractivity contribution is 7.90. The molecule has 1 aliphatic heterocycles. The van der Waals surface area contributed by atoms with Gasteiger partial charge in [-0.1, -0.05) is 49.6 Å². The summed E-state index contributed by atoms with van der Waals surface area (Å²) < 4.78 is 45.3. The fourth-order valence-electron chi connectivity index (χ4n) is 5.43. The lowest BCUT2D eigenvalue weighted by atomic mass is 9.67. The number of nitrogens with zero attached hydrogens (tertiary/aromatic N) is 2. The maximum atomic E-state index is 14.2. The van der Waals surface area contributed by atoms with Crippen LogP contribution in [0.4, 0.5) is 5.69 Å². The predicted molar refractivity (Wildman–Crippen MR) is 159 cm³/mol. The molecule has 3 N–H and O–H groups in total. The maximum absolute atomic E-state index is 14.2. The summed E-state index contributed by atoms with van der Waals surface area (Å²) >= 11 is 0. The van der Waals surface area contributed by atoms with E-state index in [4.69, 9.17) is 9.31 Å². The second-order valence-corrected chi connectivity index (χ2v) is 14.0. The van der Waals surface area contributed by atoms with Gasteiger partial charge in [0.2, 0.25) is 5.91 Å². The third-order valence-corrected chi connectivity index (χ3v) is 9.54. The van der Waals surface area contributed by atoms with E-state index < -0.39 is 45.6 Å². The number of nitrogens with one attached hydrogen (secondary N) is 3. The second-order valence-electron chi connectivity index (χ2n) is 12.5. The van der Waals surface area contributed by atoms with Crippen molar-refractivity contribution in [3.63, 3.8) is 0 Å². The number of aromatic nitrogens is 2. The van der Waals surface area contributed by atoms with Crippen LogP contribution in [0.1, 0.15) is 80.6 Å². The smallest absolute Gasteiger partial charge is 0.402 e. The van der Waals surface area contributed by atoms with Crippen LogP contribution in [0.2, 0.25) is 0 Å². The van der Waals surface area contributed by atoms with E-state index in [-0.39, 0.29) is 17.6 Å². The van der Waals surface area contributed by atoms with Gasteiger partial charge < -0.3 is 14.6 Å². The fraction of sp³-hybridized carbons (Fsp3) is 0.607. The highest BCUT2D eigenvalue weighted by Crippen LogP contribution is 2.40. The molecule has 0 bridgehead atoms. The minimum atomic E-state index is -4.05. The van der Waals surface area contributed by atoms with Crippen LogP contribution < -0.4 is 20.3 Å². The number of amides is 1. The number of hydrogen-bond acceptors (Lipinski definition) is 7. The third kappa shape index (κ3) is 6.68. The maximum Gasteiger partial charge on any atom is 0.484 e. The lowest BCUT2D eigenvalue weighted by Gasteiger charge is -2.38. The highest BCUT2D eigenvalue weighted by atomic mass is 32.2. The van der Waals surface area contributed by atoms with Gasteiger partial charge in [-0.2, -0.15) is 13.1 Å². The van der Waals surface area contributed by atoms with Gasteiger partial charge in [-0.15, -0.1) is 0 Å². The molecule has 2 heterocycles. The third-order valence-electron chi connectivity index (χ3n) is 8.40. The normalized spacial score (nSPS) is 20.0. The molecule has 1 amide bonds. The van der Waals surface area contributed by atoms with Gasteiger partial charge in [0.25, 0.3) is 15.8 Å². The van der Waals surface area contributed by atoms with Crippen LogP contribution in [-0.4, -0.2) is 54.2 Å². The Hall–Kier alpha value is -2.74. The quantitative estimate of drug-likeness (QED) is 0.382. The van der Waals surface area contributed by atoms with Gasteiger partial charge >= 0.3 is 7.12 Å². The van der Waals surface area contributed by atoms with Crippen molar-refractivity contribution in [1.82, 2.24) is 19.6 Å². The summed E-state index contributed by atoms with van der Waals surface area (Å²) in [6, 6.07) is 8.92. The lowest BCUT2D eigenvalue weighted by Crippen LogP contribution is -2.61. The van der Waals surface area contributed by atoms with Crippen molar-refractivity contribution in [2.75, 3.05) is 4.72 Å². The van der Waals surface area contributed by atoms with E-state index in [0.717, 1.165) is 32.1 Å². The van der Waals surface area contributed by atoms with Crippen LogP contribution in [0.15, 0.2) is 41.3 Å². The largest absolute Gasteiger partial charge is 0.484 e. The molecule has 4 rings (SSSR count). The fourth-order valence-corrected chi connectivity index (χ4v) is 6.59. The number of carbonyl (C=O) groups excluding carboxylic acids is 1. The molecule has 224 valence electrons. The van der Waals surface area contributed by atoms with E-state index >= 15 is 0 Å². The minimum absolute atomic E-state index is 0.191. The topological polar surface area (TPSA) is 141 Å². The van der Waals surface area contributed by atoms with Crippen molar-refractivity contribution in [2.45, 2.75) is 109 Å². The van der Waals surface area contributed by atoms with Crippen LogP contribution in [0.5, 0.6) is 0 Å². The van der Waals surface area contributed by atoms with Crippen molar-refractivity contribution in [2.24, 2.45) is 0 Å². The molecule has 1 saturated carbocycles. The Kier molecular flexibility index (Phi) is 8.76. The zero-order chi connectivity index (χ0) is 30.2. The first-order valence-corrected chi connectivity index (χ1v) is 15.6. The first kappa shape index (κ1) is 31.2. The monoisotopic (exact) mass is 587 g/mol. The van der Waals surface area contributed by atoms with Gasteiger partial charge in [0, 0.05) is 18.5 Å². The predicted octanol–water partition coefficient (Wildman–Crippen LogP) is 3.36. The van der Waals surface area contributed by atoms with E-state index in [0.29, 0.717) is 11.4 Å². The lowest BCUT2D eigenvalue weighted by molar-refractivity contribution is -0.120. The van der Waals surface area contributed by atoms with E-state index in [2.05, 4.69) is 19.7 Å². The molecular weight excluding hydrogens is 545 g/mol. The molecule has 1 aliphatic carbocycles. The molecular formula is C28H42BN5O6S. The molecule has 1 saturated heterocycles. The summed E-state index contributed by atoms with van der Waals surface area (Å²) in [6.45, 7) is 12.5. The van der Waals surface area contributed by atoms with Crippen molar-refractivity contribution < 1.29 is 22.5 Å². The number of anilines is 1. The average Bonchev–Trinajstić information content (AvgIpc) is 3.10. The number of rotatable bonds is 9. The van der Waals surface area contributed by atoms with E-state index in [1.165, 1.54) is 17.7 Å². The molecule has 1 aromatic heterocycles. The summed E-state index contributed by atoms with van der Waals surface area (Å²) in [5.74, 6) is -0.889. The van der Waals surface area contributed by atoms with E-state index in [9.17, 15) is 18.0 Å². The molecule has 41 heavy (non-hydrogen) atoms.